The van der Waals surface area contributed by atoms with Crippen molar-refractivity contribution in [3.8, 4) is 11.5 Å². The number of hydrogen-bond acceptors (Lipinski definition) is 5. The number of carbonyl (C=O) groups excluding carboxylic acids is 1. The summed E-state index contributed by atoms with van der Waals surface area (Å²) in [5.74, 6) is -1.30. The zero-order valence-electron chi connectivity index (χ0n) is 15.6. The quantitative estimate of drug-likeness (QED) is 0.318. The predicted molar refractivity (Wildman–Crippen MR) is 110 cm³/mol. The molecule has 8 heteroatoms. The molecule has 1 amide bonds. The smallest absolute Gasteiger partial charge is 0.339 e. The summed E-state index contributed by atoms with van der Waals surface area (Å²) < 4.78 is 5.55. The van der Waals surface area contributed by atoms with E-state index in [4.69, 9.17) is 22.1 Å². The number of unbranched alkanes of at least 4 members (excludes halogenated alkanes) is 1. The Balaban J connectivity index is 1.99. The van der Waals surface area contributed by atoms with Crippen LogP contribution in [0.2, 0.25) is 0 Å². The zero-order chi connectivity index (χ0) is 20.7. The van der Waals surface area contributed by atoms with Gasteiger partial charge >= 0.3 is 5.97 Å². The minimum Gasteiger partial charge on any atom is -0.507 e. The number of aryl methyl sites for hydroxylation is 1. The number of aromatic carboxylic acids is 1. The number of benzene rings is 2. The highest BCUT2D eigenvalue weighted by Crippen LogP contribution is 2.26. The molecule has 0 aliphatic heterocycles. The number of anilines is 1. The SMILES string of the molecule is CCCCOc1ccc(C(=O)NC(=S)Nc2cc(C)c(O)c(C(=O)O)c2)cc1. The van der Waals surface area contributed by atoms with Gasteiger partial charge in [-0.25, -0.2) is 4.79 Å². The maximum absolute atomic E-state index is 12.3. The number of phenols is 1. The van der Waals surface area contributed by atoms with E-state index in [0.717, 1.165) is 12.8 Å². The fourth-order valence-electron chi connectivity index (χ4n) is 2.39. The standard InChI is InChI=1S/C20H22N2O5S/c1-3-4-9-27-15-7-5-13(6-8-15)18(24)22-20(28)21-14-10-12(2)17(23)16(11-14)19(25)26/h5-8,10-11,23H,3-4,9H2,1-2H3,(H,25,26)(H2,21,22,24,28). The second-order valence-corrected chi connectivity index (χ2v) is 6.54. The lowest BCUT2D eigenvalue weighted by Gasteiger charge is -2.12. The van der Waals surface area contributed by atoms with Crippen LogP contribution in [0.3, 0.4) is 0 Å². The van der Waals surface area contributed by atoms with Crippen molar-refractivity contribution in [2.45, 2.75) is 26.7 Å². The molecule has 0 spiro atoms. The van der Waals surface area contributed by atoms with Crippen molar-refractivity contribution in [3.63, 3.8) is 0 Å². The zero-order valence-corrected chi connectivity index (χ0v) is 16.4. The molecule has 0 aliphatic carbocycles. The molecule has 0 saturated heterocycles. The van der Waals surface area contributed by atoms with Crippen LogP contribution in [0, 0.1) is 6.92 Å². The number of rotatable bonds is 7. The van der Waals surface area contributed by atoms with E-state index in [2.05, 4.69) is 17.6 Å². The van der Waals surface area contributed by atoms with Gasteiger partial charge in [-0.05, 0) is 67.5 Å². The van der Waals surface area contributed by atoms with Gasteiger partial charge in [0.25, 0.3) is 5.91 Å². The number of hydrogen-bond donors (Lipinski definition) is 4. The van der Waals surface area contributed by atoms with Gasteiger partial charge in [0.05, 0.1) is 6.61 Å². The fourth-order valence-corrected chi connectivity index (χ4v) is 2.60. The molecule has 0 atom stereocenters. The van der Waals surface area contributed by atoms with Crippen LogP contribution in [-0.4, -0.2) is 33.8 Å². The van der Waals surface area contributed by atoms with E-state index in [9.17, 15) is 14.7 Å². The Kier molecular flexibility index (Phi) is 7.34. The Hall–Kier alpha value is -3.13. The number of amides is 1. The van der Waals surface area contributed by atoms with E-state index >= 15 is 0 Å². The van der Waals surface area contributed by atoms with E-state index in [0.29, 0.717) is 29.2 Å². The third kappa shape index (κ3) is 5.68. The van der Waals surface area contributed by atoms with Gasteiger partial charge < -0.3 is 20.3 Å². The van der Waals surface area contributed by atoms with Gasteiger partial charge in [-0.15, -0.1) is 0 Å². The average Bonchev–Trinajstić information content (AvgIpc) is 2.65. The van der Waals surface area contributed by atoms with Gasteiger partial charge in [-0.1, -0.05) is 13.3 Å². The molecule has 4 N–H and O–H groups in total. The van der Waals surface area contributed by atoms with Gasteiger partial charge in [0, 0.05) is 11.3 Å². The van der Waals surface area contributed by atoms with Crippen LogP contribution < -0.4 is 15.4 Å². The highest BCUT2D eigenvalue weighted by molar-refractivity contribution is 7.80. The Morgan fingerprint density at radius 1 is 1.18 bits per heavy atom. The summed E-state index contributed by atoms with van der Waals surface area (Å²) in [6, 6.07) is 9.46. The van der Waals surface area contributed by atoms with E-state index in [1.807, 2.05) is 0 Å². The minimum atomic E-state index is -1.26. The fraction of sp³-hybridized carbons (Fsp3) is 0.250. The van der Waals surface area contributed by atoms with Crippen molar-refractivity contribution in [3.05, 3.63) is 53.1 Å². The van der Waals surface area contributed by atoms with Gasteiger partial charge in [0.2, 0.25) is 0 Å². The molecule has 0 radical (unpaired) electrons. The van der Waals surface area contributed by atoms with Crippen molar-refractivity contribution in [1.82, 2.24) is 5.32 Å². The lowest BCUT2D eigenvalue weighted by molar-refractivity contribution is 0.0693. The molecule has 2 aromatic rings. The third-order valence-corrected chi connectivity index (χ3v) is 4.10. The number of carbonyl (C=O) groups is 2. The first-order valence-electron chi connectivity index (χ1n) is 8.74. The molecule has 0 heterocycles. The summed E-state index contributed by atoms with van der Waals surface area (Å²) in [4.78, 5) is 23.5. The van der Waals surface area contributed by atoms with E-state index in [1.54, 1.807) is 31.2 Å². The molecular formula is C20H22N2O5S. The van der Waals surface area contributed by atoms with Crippen LogP contribution in [0.15, 0.2) is 36.4 Å². The maximum Gasteiger partial charge on any atom is 0.339 e. The maximum atomic E-state index is 12.3. The van der Waals surface area contributed by atoms with Crippen molar-refractivity contribution < 1.29 is 24.5 Å². The lowest BCUT2D eigenvalue weighted by Crippen LogP contribution is -2.34. The largest absolute Gasteiger partial charge is 0.507 e. The Labute approximate surface area is 168 Å². The van der Waals surface area contributed by atoms with Gasteiger partial charge in [-0.3, -0.25) is 10.1 Å². The summed E-state index contributed by atoms with van der Waals surface area (Å²) in [5, 5.41) is 24.2. The first kappa shape index (κ1) is 21.2. The van der Waals surface area contributed by atoms with Gasteiger partial charge in [-0.2, -0.15) is 0 Å². The molecule has 0 aromatic heterocycles. The summed E-state index contributed by atoms with van der Waals surface area (Å²) in [7, 11) is 0. The van der Waals surface area contributed by atoms with Crippen LogP contribution in [-0.2, 0) is 0 Å². The molecule has 7 nitrogen and oxygen atoms in total. The average molecular weight is 402 g/mol. The molecule has 0 bridgehead atoms. The number of thiocarbonyl (C=S) groups is 1. The molecule has 0 aliphatic rings. The first-order chi connectivity index (χ1) is 13.3. The molecule has 148 valence electrons. The normalized spacial score (nSPS) is 10.2. The second-order valence-electron chi connectivity index (χ2n) is 6.13. The van der Waals surface area contributed by atoms with E-state index < -0.39 is 11.9 Å². The third-order valence-electron chi connectivity index (χ3n) is 3.90. The van der Waals surface area contributed by atoms with Crippen LogP contribution in [0.25, 0.3) is 0 Å². The van der Waals surface area contributed by atoms with Gasteiger partial charge in [0.15, 0.2) is 5.11 Å². The summed E-state index contributed by atoms with van der Waals surface area (Å²) >= 11 is 5.12. The molecular weight excluding hydrogens is 380 g/mol. The van der Waals surface area contributed by atoms with Crippen LogP contribution >= 0.6 is 12.2 Å². The topological polar surface area (TPSA) is 108 Å². The number of nitrogens with one attached hydrogen (secondary N) is 2. The number of ether oxygens (including phenoxy) is 1. The number of carboxylic acid groups (broad SMARTS) is 1. The number of aromatic hydroxyl groups is 1. The van der Waals surface area contributed by atoms with Crippen LogP contribution in [0.5, 0.6) is 11.5 Å². The highest BCUT2D eigenvalue weighted by Gasteiger charge is 2.15. The molecule has 0 fully saturated rings. The lowest BCUT2D eigenvalue weighted by atomic mass is 10.1. The Morgan fingerprint density at radius 3 is 2.46 bits per heavy atom. The van der Waals surface area contributed by atoms with E-state index in [1.165, 1.54) is 12.1 Å². The highest BCUT2D eigenvalue weighted by atomic mass is 32.1. The molecule has 28 heavy (non-hydrogen) atoms. The van der Waals surface area contributed by atoms with Crippen molar-refractivity contribution in [2.75, 3.05) is 11.9 Å². The summed E-state index contributed by atoms with van der Waals surface area (Å²) in [6.07, 6.45) is 2.00. The molecule has 0 saturated carbocycles. The Bertz CT molecular complexity index is 881. The van der Waals surface area contributed by atoms with Gasteiger partial charge in [0.1, 0.15) is 17.1 Å². The van der Waals surface area contributed by atoms with Crippen LogP contribution in [0.1, 0.15) is 46.0 Å². The summed E-state index contributed by atoms with van der Waals surface area (Å²) in [5.41, 5.74) is 0.864. The molecule has 2 rings (SSSR count). The molecule has 2 aromatic carbocycles. The van der Waals surface area contributed by atoms with Crippen molar-refractivity contribution in [2.24, 2.45) is 0 Å². The van der Waals surface area contributed by atoms with Crippen molar-refractivity contribution >= 4 is 34.9 Å². The van der Waals surface area contributed by atoms with Crippen LogP contribution in [0.4, 0.5) is 5.69 Å². The van der Waals surface area contributed by atoms with Crippen molar-refractivity contribution in [1.29, 1.82) is 0 Å². The summed E-state index contributed by atoms with van der Waals surface area (Å²) in [6.45, 7) is 4.27. The number of carboxylic acids is 1. The first-order valence-corrected chi connectivity index (χ1v) is 9.14. The molecule has 0 unspecified atom stereocenters. The van der Waals surface area contributed by atoms with E-state index in [-0.39, 0.29) is 16.4 Å². The Morgan fingerprint density at radius 2 is 1.86 bits per heavy atom. The predicted octanol–water partition coefficient (Wildman–Crippen LogP) is 3.70. The second kappa shape index (κ2) is 9.70. The monoisotopic (exact) mass is 402 g/mol. The minimum absolute atomic E-state index is 0.00898.